The van der Waals surface area contributed by atoms with Gasteiger partial charge in [-0.05, 0) is 24.5 Å². The largest absolute Gasteiger partial charge is 0.452 e. The standard InChI is InChI=1S/C14H12O/c1-3-14-11(2)9-13(15-14)10-12-7-5-4-6-8-12/h1,4-9H,10H2,2H3. The fourth-order valence-electron chi connectivity index (χ4n) is 1.58. The molecule has 0 spiro atoms. The fourth-order valence-corrected chi connectivity index (χ4v) is 1.58. The highest BCUT2D eigenvalue weighted by molar-refractivity contribution is 5.34. The lowest BCUT2D eigenvalue weighted by Crippen LogP contribution is -1.83. The predicted octanol–water partition coefficient (Wildman–Crippen LogP) is 3.16. The molecule has 2 aromatic rings. The Balaban J connectivity index is 2.23. The molecule has 0 saturated heterocycles. The van der Waals surface area contributed by atoms with Crippen molar-refractivity contribution in [2.24, 2.45) is 0 Å². The smallest absolute Gasteiger partial charge is 0.179 e. The van der Waals surface area contributed by atoms with Gasteiger partial charge in [0.25, 0.3) is 0 Å². The van der Waals surface area contributed by atoms with Crippen molar-refractivity contribution in [3.8, 4) is 12.3 Å². The third-order valence-corrected chi connectivity index (χ3v) is 2.32. The Morgan fingerprint density at radius 1 is 1.27 bits per heavy atom. The molecule has 0 N–H and O–H groups in total. The van der Waals surface area contributed by atoms with E-state index in [4.69, 9.17) is 10.8 Å². The van der Waals surface area contributed by atoms with Gasteiger partial charge in [-0.1, -0.05) is 30.3 Å². The second-order valence-corrected chi connectivity index (χ2v) is 3.53. The molecule has 0 aliphatic heterocycles. The molecule has 0 aliphatic rings. The number of hydrogen-bond donors (Lipinski definition) is 0. The summed E-state index contributed by atoms with van der Waals surface area (Å²) >= 11 is 0. The first-order valence-electron chi connectivity index (χ1n) is 4.89. The van der Waals surface area contributed by atoms with Crippen LogP contribution in [0.5, 0.6) is 0 Å². The van der Waals surface area contributed by atoms with Gasteiger partial charge in [-0.3, -0.25) is 0 Å². The van der Waals surface area contributed by atoms with E-state index in [1.165, 1.54) is 5.56 Å². The number of furan rings is 1. The molecule has 2 rings (SSSR count). The first-order chi connectivity index (χ1) is 7.29. The normalized spacial score (nSPS) is 9.87. The van der Waals surface area contributed by atoms with E-state index in [1.807, 2.05) is 31.2 Å². The third-order valence-electron chi connectivity index (χ3n) is 2.32. The summed E-state index contributed by atoms with van der Waals surface area (Å²) in [5.74, 6) is 4.10. The predicted molar refractivity (Wildman–Crippen MR) is 60.6 cm³/mol. The second kappa shape index (κ2) is 4.06. The average Bonchev–Trinajstić information content (AvgIpc) is 2.60. The topological polar surface area (TPSA) is 13.1 Å². The van der Waals surface area contributed by atoms with Crippen molar-refractivity contribution in [3.63, 3.8) is 0 Å². The van der Waals surface area contributed by atoms with Crippen LogP contribution in [0.15, 0.2) is 40.8 Å². The molecule has 0 fully saturated rings. The number of rotatable bonds is 2. The highest BCUT2D eigenvalue weighted by atomic mass is 16.3. The van der Waals surface area contributed by atoms with E-state index in [0.717, 1.165) is 17.7 Å². The van der Waals surface area contributed by atoms with Gasteiger partial charge in [0.1, 0.15) is 5.76 Å². The van der Waals surface area contributed by atoms with E-state index in [0.29, 0.717) is 5.76 Å². The van der Waals surface area contributed by atoms with Crippen LogP contribution >= 0.6 is 0 Å². The lowest BCUT2D eigenvalue weighted by molar-refractivity contribution is 0.508. The van der Waals surface area contributed by atoms with Gasteiger partial charge in [-0.15, -0.1) is 6.42 Å². The van der Waals surface area contributed by atoms with Crippen molar-refractivity contribution >= 4 is 0 Å². The molecule has 15 heavy (non-hydrogen) atoms. The highest BCUT2D eigenvalue weighted by Gasteiger charge is 2.05. The molecule has 0 atom stereocenters. The van der Waals surface area contributed by atoms with Gasteiger partial charge < -0.3 is 4.42 Å². The lowest BCUT2D eigenvalue weighted by atomic mass is 10.1. The van der Waals surface area contributed by atoms with E-state index >= 15 is 0 Å². The van der Waals surface area contributed by atoms with E-state index < -0.39 is 0 Å². The fraction of sp³-hybridized carbons (Fsp3) is 0.143. The molecular weight excluding hydrogens is 184 g/mol. The van der Waals surface area contributed by atoms with E-state index in [2.05, 4.69) is 18.1 Å². The lowest BCUT2D eigenvalue weighted by Gasteiger charge is -1.96. The Bertz CT molecular complexity index is 486. The van der Waals surface area contributed by atoms with E-state index in [-0.39, 0.29) is 0 Å². The maximum Gasteiger partial charge on any atom is 0.179 e. The van der Waals surface area contributed by atoms with Crippen molar-refractivity contribution in [2.45, 2.75) is 13.3 Å². The molecule has 1 heterocycles. The van der Waals surface area contributed by atoms with Gasteiger partial charge in [0, 0.05) is 12.0 Å². The van der Waals surface area contributed by atoms with Crippen LogP contribution in [-0.4, -0.2) is 0 Å². The number of aryl methyl sites for hydroxylation is 1. The van der Waals surface area contributed by atoms with Gasteiger partial charge in [-0.25, -0.2) is 0 Å². The average molecular weight is 196 g/mol. The number of benzene rings is 1. The van der Waals surface area contributed by atoms with Crippen LogP contribution in [0.25, 0.3) is 0 Å². The van der Waals surface area contributed by atoms with Crippen LogP contribution in [0, 0.1) is 19.3 Å². The number of hydrogen-bond acceptors (Lipinski definition) is 1. The third kappa shape index (κ3) is 2.11. The Morgan fingerprint density at radius 3 is 2.60 bits per heavy atom. The molecule has 0 amide bonds. The molecular formula is C14H12O. The minimum Gasteiger partial charge on any atom is -0.452 e. The SMILES string of the molecule is C#Cc1oc(Cc2ccccc2)cc1C. The maximum absolute atomic E-state index is 5.53. The van der Waals surface area contributed by atoms with Crippen molar-refractivity contribution in [2.75, 3.05) is 0 Å². The van der Waals surface area contributed by atoms with Gasteiger partial charge in [0.2, 0.25) is 0 Å². The minimum absolute atomic E-state index is 0.640. The summed E-state index contributed by atoms with van der Waals surface area (Å²) in [6, 6.07) is 12.2. The van der Waals surface area contributed by atoms with Gasteiger partial charge >= 0.3 is 0 Å². The molecule has 0 radical (unpaired) electrons. The van der Waals surface area contributed by atoms with Crippen molar-refractivity contribution in [1.29, 1.82) is 0 Å². The monoisotopic (exact) mass is 196 g/mol. The van der Waals surface area contributed by atoms with Crippen molar-refractivity contribution < 1.29 is 4.42 Å². The highest BCUT2D eigenvalue weighted by Crippen LogP contribution is 2.16. The molecule has 0 aliphatic carbocycles. The zero-order valence-electron chi connectivity index (χ0n) is 8.66. The molecule has 0 bridgehead atoms. The Kier molecular flexibility index (Phi) is 2.60. The Morgan fingerprint density at radius 2 is 2.00 bits per heavy atom. The molecule has 1 aromatic heterocycles. The zero-order chi connectivity index (χ0) is 10.7. The van der Waals surface area contributed by atoms with Crippen molar-refractivity contribution in [1.82, 2.24) is 0 Å². The summed E-state index contributed by atoms with van der Waals surface area (Å²) in [5, 5.41) is 0. The van der Waals surface area contributed by atoms with Gasteiger partial charge in [0.15, 0.2) is 5.76 Å². The van der Waals surface area contributed by atoms with Crippen LogP contribution in [0.4, 0.5) is 0 Å². The zero-order valence-corrected chi connectivity index (χ0v) is 8.66. The molecule has 1 heteroatoms. The number of terminal acetylenes is 1. The minimum atomic E-state index is 0.640. The van der Waals surface area contributed by atoms with Gasteiger partial charge in [-0.2, -0.15) is 0 Å². The first-order valence-corrected chi connectivity index (χ1v) is 4.89. The van der Waals surface area contributed by atoms with Crippen LogP contribution in [0.1, 0.15) is 22.6 Å². The molecule has 0 unspecified atom stereocenters. The molecule has 1 nitrogen and oxygen atoms in total. The Hall–Kier alpha value is -1.94. The van der Waals surface area contributed by atoms with E-state index in [1.54, 1.807) is 0 Å². The van der Waals surface area contributed by atoms with Crippen LogP contribution < -0.4 is 0 Å². The van der Waals surface area contributed by atoms with Crippen LogP contribution in [0.2, 0.25) is 0 Å². The molecule has 0 saturated carbocycles. The second-order valence-electron chi connectivity index (χ2n) is 3.53. The van der Waals surface area contributed by atoms with Gasteiger partial charge in [0.05, 0.1) is 0 Å². The summed E-state index contributed by atoms with van der Waals surface area (Å²) in [7, 11) is 0. The maximum atomic E-state index is 5.53. The first kappa shape index (κ1) is 9.61. The molecule has 74 valence electrons. The summed E-state index contributed by atoms with van der Waals surface area (Å²) < 4.78 is 5.53. The van der Waals surface area contributed by atoms with Crippen molar-refractivity contribution in [3.05, 3.63) is 59.0 Å². The molecule has 1 aromatic carbocycles. The summed E-state index contributed by atoms with van der Waals surface area (Å²) in [6.45, 7) is 1.97. The quantitative estimate of drug-likeness (QED) is 0.672. The van der Waals surface area contributed by atoms with Crippen LogP contribution in [-0.2, 0) is 6.42 Å². The summed E-state index contributed by atoms with van der Waals surface area (Å²) in [6.07, 6.45) is 6.11. The van der Waals surface area contributed by atoms with Crippen LogP contribution in [0.3, 0.4) is 0 Å². The summed E-state index contributed by atoms with van der Waals surface area (Å²) in [5.41, 5.74) is 2.26. The summed E-state index contributed by atoms with van der Waals surface area (Å²) in [4.78, 5) is 0. The van der Waals surface area contributed by atoms with E-state index in [9.17, 15) is 0 Å². The Labute approximate surface area is 89.7 Å².